The summed E-state index contributed by atoms with van der Waals surface area (Å²) < 4.78 is 2.10. The average Bonchev–Trinajstić information content (AvgIpc) is 2.96. The van der Waals surface area contributed by atoms with Crippen LogP contribution in [-0.4, -0.2) is 58.0 Å². The van der Waals surface area contributed by atoms with Crippen LogP contribution in [0.3, 0.4) is 0 Å². The van der Waals surface area contributed by atoms with Gasteiger partial charge in [-0.1, -0.05) is 13.3 Å². The second kappa shape index (κ2) is 7.28. The molecule has 0 bridgehead atoms. The molecule has 0 aliphatic carbocycles. The van der Waals surface area contributed by atoms with Gasteiger partial charge in [-0.05, 0) is 6.42 Å². The van der Waals surface area contributed by atoms with Crippen LogP contribution < -0.4 is 0 Å². The third-order valence-electron chi connectivity index (χ3n) is 3.70. The molecule has 1 amide bonds. The third kappa shape index (κ3) is 4.35. The Kier molecular flexibility index (Phi) is 5.39. The Hall–Kier alpha value is -1.36. The summed E-state index contributed by atoms with van der Waals surface area (Å²) in [5, 5.41) is 0. The molecule has 1 aliphatic rings. The fourth-order valence-corrected chi connectivity index (χ4v) is 2.38. The van der Waals surface area contributed by atoms with Crippen molar-refractivity contribution in [2.45, 2.75) is 32.7 Å². The van der Waals surface area contributed by atoms with Gasteiger partial charge in [0.25, 0.3) is 0 Å². The quantitative estimate of drug-likeness (QED) is 0.775. The van der Waals surface area contributed by atoms with E-state index in [0.717, 1.165) is 52.1 Å². The van der Waals surface area contributed by atoms with Gasteiger partial charge in [0.15, 0.2) is 0 Å². The van der Waals surface area contributed by atoms with Crippen LogP contribution in [0.2, 0.25) is 0 Å². The zero-order valence-electron chi connectivity index (χ0n) is 11.8. The summed E-state index contributed by atoms with van der Waals surface area (Å²) in [6, 6.07) is 0. The molecular formula is C14H24N4O. The maximum atomic E-state index is 11.9. The normalized spacial score (nSPS) is 16.8. The van der Waals surface area contributed by atoms with Crippen LogP contribution in [-0.2, 0) is 11.3 Å². The number of piperazine rings is 1. The van der Waals surface area contributed by atoms with Crippen molar-refractivity contribution in [1.29, 1.82) is 0 Å². The standard InChI is InChI=1S/C14H24N4O/c1-2-3-4-14(19)18-11-9-16(10-12-18)7-8-17-6-5-15-13-17/h5-6,13H,2-4,7-12H2,1H3. The van der Waals surface area contributed by atoms with Crippen LogP contribution in [0.25, 0.3) is 0 Å². The second-order valence-corrected chi connectivity index (χ2v) is 5.13. The van der Waals surface area contributed by atoms with Crippen LogP contribution in [0.15, 0.2) is 18.7 Å². The highest BCUT2D eigenvalue weighted by Crippen LogP contribution is 2.06. The lowest BCUT2D eigenvalue weighted by atomic mass is 10.2. The lowest BCUT2D eigenvalue weighted by Crippen LogP contribution is -2.49. The molecule has 0 radical (unpaired) electrons. The van der Waals surface area contributed by atoms with E-state index < -0.39 is 0 Å². The molecule has 0 aromatic carbocycles. The molecule has 0 spiro atoms. The van der Waals surface area contributed by atoms with E-state index in [1.807, 2.05) is 23.6 Å². The number of imidazole rings is 1. The molecule has 0 saturated carbocycles. The molecule has 1 saturated heterocycles. The van der Waals surface area contributed by atoms with E-state index in [1.165, 1.54) is 0 Å². The minimum absolute atomic E-state index is 0.330. The van der Waals surface area contributed by atoms with E-state index in [4.69, 9.17) is 0 Å². The lowest BCUT2D eigenvalue weighted by molar-refractivity contribution is -0.133. The molecule has 1 aliphatic heterocycles. The molecule has 0 unspecified atom stereocenters. The summed E-state index contributed by atoms with van der Waals surface area (Å²) in [7, 11) is 0. The van der Waals surface area contributed by atoms with Crippen molar-refractivity contribution in [3.05, 3.63) is 18.7 Å². The second-order valence-electron chi connectivity index (χ2n) is 5.13. The summed E-state index contributed by atoms with van der Waals surface area (Å²) in [6.07, 6.45) is 8.47. The third-order valence-corrected chi connectivity index (χ3v) is 3.70. The predicted molar refractivity (Wildman–Crippen MR) is 74.8 cm³/mol. The molecule has 19 heavy (non-hydrogen) atoms. The molecule has 1 aromatic rings. The van der Waals surface area contributed by atoms with Crippen molar-refractivity contribution in [3.8, 4) is 0 Å². The molecular weight excluding hydrogens is 240 g/mol. The van der Waals surface area contributed by atoms with E-state index in [0.29, 0.717) is 12.3 Å². The number of carbonyl (C=O) groups excluding carboxylic acids is 1. The van der Waals surface area contributed by atoms with E-state index in [-0.39, 0.29) is 0 Å². The van der Waals surface area contributed by atoms with Gasteiger partial charge in [0.2, 0.25) is 5.91 Å². The van der Waals surface area contributed by atoms with Gasteiger partial charge in [-0.3, -0.25) is 9.69 Å². The number of hydrogen-bond donors (Lipinski definition) is 0. The maximum absolute atomic E-state index is 11.9. The van der Waals surface area contributed by atoms with Crippen LogP contribution in [0.4, 0.5) is 0 Å². The first-order chi connectivity index (χ1) is 9.29. The van der Waals surface area contributed by atoms with Crippen molar-refractivity contribution in [3.63, 3.8) is 0 Å². The minimum atomic E-state index is 0.330. The highest BCUT2D eigenvalue weighted by molar-refractivity contribution is 5.76. The first-order valence-corrected chi connectivity index (χ1v) is 7.25. The van der Waals surface area contributed by atoms with E-state index >= 15 is 0 Å². The zero-order chi connectivity index (χ0) is 13.5. The SMILES string of the molecule is CCCCC(=O)N1CCN(CCn2ccnc2)CC1. The summed E-state index contributed by atoms with van der Waals surface area (Å²) in [5.41, 5.74) is 0. The number of aromatic nitrogens is 2. The van der Waals surface area contributed by atoms with Crippen molar-refractivity contribution in [2.24, 2.45) is 0 Å². The molecule has 0 N–H and O–H groups in total. The van der Waals surface area contributed by atoms with Crippen LogP contribution in [0.1, 0.15) is 26.2 Å². The molecule has 1 aromatic heterocycles. The molecule has 5 nitrogen and oxygen atoms in total. The molecule has 0 atom stereocenters. The zero-order valence-corrected chi connectivity index (χ0v) is 11.8. The summed E-state index contributed by atoms with van der Waals surface area (Å²) >= 11 is 0. The van der Waals surface area contributed by atoms with Gasteiger partial charge in [-0.15, -0.1) is 0 Å². The topological polar surface area (TPSA) is 41.4 Å². The number of carbonyl (C=O) groups is 1. The Labute approximate surface area is 115 Å². The van der Waals surface area contributed by atoms with Crippen molar-refractivity contribution in [1.82, 2.24) is 19.4 Å². The van der Waals surface area contributed by atoms with E-state index in [1.54, 1.807) is 0 Å². The minimum Gasteiger partial charge on any atom is -0.340 e. The molecule has 1 fully saturated rings. The first-order valence-electron chi connectivity index (χ1n) is 7.25. The van der Waals surface area contributed by atoms with Crippen molar-refractivity contribution < 1.29 is 4.79 Å². The Balaban J connectivity index is 1.66. The lowest BCUT2D eigenvalue weighted by Gasteiger charge is -2.34. The number of hydrogen-bond acceptors (Lipinski definition) is 3. The van der Waals surface area contributed by atoms with Crippen molar-refractivity contribution >= 4 is 5.91 Å². The molecule has 2 heterocycles. The molecule has 5 heteroatoms. The van der Waals surface area contributed by atoms with Gasteiger partial charge in [-0.25, -0.2) is 4.98 Å². The summed E-state index contributed by atoms with van der Waals surface area (Å²) in [4.78, 5) is 20.4. The average molecular weight is 264 g/mol. The Morgan fingerprint density at radius 1 is 1.21 bits per heavy atom. The van der Waals surface area contributed by atoms with Gasteiger partial charge in [0, 0.05) is 58.1 Å². The summed E-state index contributed by atoms with van der Waals surface area (Å²) in [5.74, 6) is 0.330. The van der Waals surface area contributed by atoms with Crippen LogP contribution in [0.5, 0.6) is 0 Å². The van der Waals surface area contributed by atoms with Gasteiger partial charge >= 0.3 is 0 Å². The highest BCUT2D eigenvalue weighted by atomic mass is 16.2. The molecule has 106 valence electrons. The smallest absolute Gasteiger partial charge is 0.222 e. The van der Waals surface area contributed by atoms with Crippen molar-refractivity contribution in [2.75, 3.05) is 32.7 Å². The fraction of sp³-hybridized carbons (Fsp3) is 0.714. The highest BCUT2D eigenvalue weighted by Gasteiger charge is 2.20. The number of rotatable bonds is 6. The number of unbranched alkanes of at least 4 members (excludes halogenated alkanes) is 1. The predicted octanol–water partition coefficient (Wildman–Crippen LogP) is 1.22. The monoisotopic (exact) mass is 264 g/mol. The van der Waals surface area contributed by atoms with Crippen LogP contribution in [0, 0.1) is 0 Å². The van der Waals surface area contributed by atoms with Gasteiger partial charge in [0.1, 0.15) is 0 Å². The van der Waals surface area contributed by atoms with Gasteiger partial charge in [-0.2, -0.15) is 0 Å². The number of nitrogens with zero attached hydrogens (tertiary/aromatic N) is 4. The van der Waals surface area contributed by atoms with E-state index in [9.17, 15) is 4.79 Å². The Bertz CT molecular complexity index is 369. The van der Waals surface area contributed by atoms with Gasteiger partial charge < -0.3 is 9.47 Å². The van der Waals surface area contributed by atoms with E-state index in [2.05, 4.69) is 21.4 Å². The fourth-order valence-electron chi connectivity index (χ4n) is 2.38. The Morgan fingerprint density at radius 2 is 2.00 bits per heavy atom. The largest absolute Gasteiger partial charge is 0.340 e. The number of amides is 1. The summed E-state index contributed by atoms with van der Waals surface area (Å²) in [6.45, 7) is 7.89. The maximum Gasteiger partial charge on any atom is 0.222 e. The Morgan fingerprint density at radius 3 is 2.63 bits per heavy atom. The van der Waals surface area contributed by atoms with Crippen LogP contribution >= 0.6 is 0 Å². The van der Waals surface area contributed by atoms with Gasteiger partial charge in [0.05, 0.1) is 6.33 Å². The first kappa shape index (κ1) is 14.1. The molecule has 2 rings (SSSR count).